The van der Waals surface area contributed by atoms with Gasteiger partial charge in [-0.1, -0.05) is 19.1 Å². The number of hydrogen-bond acceptors (Lipinski definition) is 6. The Morgan fingerprint density at radius 3 is 2.22 bits per heavy atom. The number of carbonyl (C=O) groups excluding carboxylic acids is 3. The van der Waals surface area contributed by atoms with Crippen molar-refractivity contribution in [3.8, 4) is 0 Å². The first-order valence-corrected chi connectivity index (χ1v) is 11.8. The number of rotatable bonds is 10. The molecule has 1 aromatic carbocycles. The first-order chi connectivity index (χ1) is 14.8. The summed E-state index contributed by atoms with van der Waals surface area (Å²) in [5.74, 6) is -0.582. The highest BCUT2D eigenvalue weighted by atomic mass is 127. The number of methoxy groups -OCH3 is 2. The van der Waals surface area contributed by atoms with E-state index >= 15 is 0 Å². The van der Waals surface area contributed by atoms with Crippen molar-refractivity contribution < 1.29 is 28.6 Å². The van der Waals surface area contributed by atoms with Gasteiger partial charge in [0.15, 0.2) is 0 Å². The summed E-state index contributed by atoms with van der Waals surface area (Å²) in [7, 11) is 2.69. The molecule has 0 aromatic heterocycles. The van der Waals surface area contributed by atoms with E-state index in [1.165, 1.54) is 14.2 Å². The van der Waals surface area contributed by atoms with Gasteiger partial charge in [0, 0.05) is 3.57 Å². The summed E-state index contributed by atoms with van der Waals surface area (Å²) in [5.41, 5.74) is -0.505. The Hall–Kier alpha value is -1.84. The third-order valence-electron chi connectivity index (χ3n) is 5.36. The van der Waals surface area contributed by atoms with Crippen LogP contribution in [0.15, 0.2) is 24.3 Å². The molecule has 32 heavy (non-hydrogen) atoms. The largest absolute Gasteiger partial charge is 0.468 e. The molecule has 0 heterocycles. The minimum absolute atomic E-state index is 0.203. The van der Waals surface area contributed by atoms with Gasteiger partial charge >= 0.3 is 18.0 Å². The van der Waals surface area contributed by atoms with Crippen molar-refractivity contribution in [1.29, 1.82) is 0 Å². The lowest BCUT2D eigenvalue weighted by Gasteiger charge is -2.29. The molecule has 7 nitrogen and oxygen atoms in total. The molecule has 180 valence electrons. The summed E-state index contributed by atoms with van der Waals surface area (Å²) in [6.45, 7) is 9.24. The number of amides is 1. The average Bonchev–Trinajstić information content (AvgIpc) is 2.72. The van der Waals surface area contributed by atoms with Crippen molar-refractivity contribution in [3.05, 3.63) is 33.4 Å². The molecule has 0 saturated carbocycles. The zero-order valence-corrected chi connectivity index (χ0v) is 22.3. The molecule has 0 bridgehead atoms. The smallest absolute Gasteiger partial charge is 0.408 e. The van der Waals surface area contributed by atoms with E-state index in [0.29, 0.717) is 19.3 Å². The number of alkyl carbamates (subject to hydrolysis) is 1. The predicted molar refractivity (Wildman–Crippen MR) is 131 cm³/mol. The number of ether oxygens (including phenoxy) is 3. The fourth-order valence-corrected chi connectivity index (χ4v) is 3.94. The van der Waals surface area contributed by atoms with Crippen LogP contribution in [-0.2, 0) is 29.2 Å². The molecule has 8 heteroatoms. The molecule has 0 spiro atoms. The topological polar surface area (TPSA) is 90.9 Å². The van der Waals surface area contributed by atoms with Crippen LogP contribution < -0.4 is 5.32 Å². The van der Waals surface area contributed by atoms with Crippen molar-refractivity contribution in [2.75, 3.05) is 14.2 Å². The Morgan fingerprint density at radius 2 is 1.69 bits per heavy atom. The summed E-state index contributed by atoms with van der Waals surface area (Å²) in [4.78, 5) is 36.9. The minimum atomic E-state index is -0.792. The van der Waals surface area contributed by atoms with Crippen LogP contribution >= 0.6 is 22.6 Å². The first kappa shape index (κ1) is 28.2. The van der Waals surface area contributed by atoms with Gasteiger partial charge in [-0.3, -0.25) is 4.79 Å². The summed E-state index contributed by atoms with van der Waals surface area (Å²) in [6.07, 6.45) is 1.77. The summed E-state index contributed by atoms with van der Waals surface area (Å²) < 4.78 is 16.2. The van der Waals surface area contributed by atoms with Gasteiger partial charge in [-0.05, 0) is 99.6 Å². The van der Waals surface area contributed by atoms with Crippen LogP contribution in [0.3, 0.4) is 0 Å². The molecule has 1 amide bonds. The fourth-order valence-electron chi connectivity index (χ4n) is 3.39. The lowest BCUT2D eigenvalue weighted by atomic mass is 9.76. The Kier molecular flexibility index (Phi) is 10.9. The molecular weight excluding hydrogens is 525 g/mol. The van der Waals surface area contributed by atoms with E-state index in [2.05, 4.69) is 34.8 Å². The Balaban J connectivity index is 2.78. The average molecular weight is 561 g/mol. The SMILES string of the molecule is COC(=O)C(CCC(C)CCC(C)(C(=O)OC)c1cccc(I)c1)NC(=O)OC(C)(C)C. The third kappa shape index (κ3) is 8.96. The van der Waals surface area contributed by atoms with E-state index in [1.54, 1.807) is 20.8 Å². The quantitative estimate of drug-likeness (QED) is 0.246. The zero-order valence-electron chi connectivity index (χ0n) is 20.1. The monoisotopic (exact) mass is 561 g/mol. The fraction of sp³-hybridized carbons (Fsp3) is 0.625. The van der Waals surface area contributed by atoms with Gasteiger partial charge in [-0.25, -0.2) is 9.59 Å². The van der Waals surface area contributed by atoms with Gasteiger partial charge in [0.2, 0.25) is 0 Å². The maximum atomic E-state index is 12.6. The van der Waals surface area contributed by atoms with E-state index in [9.17, 15) is 14.4 Å². The van der Waals surface area contributed by atoms with Gasteiger partial charge in [-0.15, -0.1) is 0 Å². The maximum absolute atomic E-state index is 12.6. The van der Waals surface area contributed by atoms with Crippen molar-refractivity contribution >= 4 is 40.6 Å². The highest BCUT2D eigenvalue weighted by Crippen LogP contribution is 2.33. The molecule has 0 fully saturated rings. The van der Waals surface area contributed by atoms with Gasteiger partial charge in [0.05, 0.1) is 19.6 Å². The van der Waals surface area contributed by atoms with Crippen LogP contribution in [0.5, 0.6) is 0 Å². The van der Waals surface area contributed by atoms with Crippen LogP contribution in [0.2, 0.25) is 0 Å². The van der Waals surface area contributed by atoms with E-state index in [0.717, 1.165) is 15.6 Å². The van der Waals surface area contributed by atoms with E-state index < -0.39 is 29.1 Å². The second-order valence-corrected chi connectivity index (χ2v) is 10.5. The summed E-state index contributed by atoms with van der Waals surface area (Å²) in [6, 6.07) is 7.07. The highest BCUT2D eigenvalue weighted by Gasteiger charge is 2.36. The molecule has 0 aliphatic rings. The Bertz CT molecular complexity index is 791. The van der Waals surface area contributed by atoms with E-state index in [4.69, 9.17) is 14.2 Å². The first-order valence-electron chi connectivity index (χ1n) is 10.7. The molecule has 1 aromatic rings. The number of benzene rings is 1. The molecular formula is C24H36INO6. The number of esters is 2. The van der Waals surface area contributed by atoms with E-state index in [1.807, 2.05) is 31.2 Å². The van der Waals surface area contributed by atoms with Gasteiger partial charge in [-0.2, -0.15) is 0 Å². The summed E-state index contributed by atoms with van der Waals surface area (Å²) in [5, 5.41) is 2.60. The minimum Gasteiger partial charge on any atom is -0.468 e. The van der Waals surface area contributed by atoms with E-state index in [-0.39, 0.29) is 11.9 Å². The normalized spacial score (nSPS) is 15.1. The Morgan fingerprint density at radius 1 is 1.03 bits per heavy atom. The number of carbonyl (C=O) groups is 3. The van der Waals surface area contributed by atoms with Gasteiger partial charge in [0.1, 0.15) is 11.6 Å². The van der Waals surface area contributed by atoms with Gasteiger partial charge < -0.3 is 19.5 Å². The molecule has 0 saturated heterocycles. The number of nitrogens with one attached hydrogen (secondary N) is 1. The maximum Gasteiger partial charge on any atom is 0.408 e. The second-order valence-electron chi connectivity index (χ2n) is 9.28. The lowest BCUT2D eigenvalue weighted by Crippen LogP contribution is -2.44. The highest BCUT2D eigenvalue weighted by molar-refractivity contribution is 14.1. The Labute approximate surface area is 205 Å². The standard InChI is InChI=1S/C24H36INO6/c1-16(11-12-19(20(27)30-6)26-22(29)32-23(2,3)4)13-14-24(5,21(28)31-7)17-9-8-10-18(25)15-17/h8-10,15-16,19H,11-14H2,1-7H3,(H,26,29). The molecule has 0 radical (unpaired) electrons. The van der Waals surface area contributed by atoms with Crippen molar-refractivity contribution in [2.45, 2.75) is 77.4 Å². The number of halogens is 1. The van der Waals surface area contributed by atoms with Crippen LogP contribution in [-0.4, -0.2) is 43.9 Å². The predicted octanol–water partition coefficient (Wildman–Crippen LogP) is 4.98. The third-order valence-corrected chi connectivity index (χ3v) is 6.03. The zero-order chi connectivity index (χ0) is 24.5. The molecule has 1 N–H and O–H groups in total. The molecule has 3 unspecified atom stereocenters. The van der Waals surface area contributed by atoms with Crippen LogP contribution in [0.1, 0.15) is 65.9 Å². The molecule has 3 atom stereocenters. The molecule has 0 aliphatic heterocycles. The van der Waals surface area contributed by atoms with Crippen molar-refractivity contribution in [1.82, 2.24) is 5.32 Å². The van der Waals surface area contributed by atoms with Crippen molar-refractivity contribution in [2.24, 2.45) is 5.92 Å². The van der Waals surface area contributed by atoms with Crippen LogP contribution in [0.25, 0.3) is 0 Å². The van der Waals surface area contributed by atoms with Gasteiger partial charge in [0.25, 0.3) is 0 Å². The van der Waals surface area contributed by atoms with Crippen LogP contribution in [0.4, 0.5) is 4.79 Å². The molecule has 1 rings (SSSR count). The number of hydrogen-bond donors (Lipinski definition) is 1. The lowest BCUT2D eigenvalue weighted by molar-refractivity contribution is -0.147. The van der Waals surface area contributed by atoms with Crippen LogP contribution in [0, 0.1) is 9.49 Å². The second kappa shape index (κ2) is 12.4. The molecule has 0 aliphatic carbocycles. The van der Waals surface area contributed by atoms with Crippen molar-refractivity contribution in [3.63, 3.8) is 0 Å². The summed E-state index contributed by atoms with van der Waals surface area (Å²) >= 11 is 2.23.